The van der Waals surface area contributed by atoms with Crippen LogP contribution in [-0.2, 0) is 0 Å². The minimum absolute atomic E-state index is 0.355. The van der Waals surface area contributed by atoms with Crippen molar-refractivity contribution in [3.05, 3.63) is 90.0 Å². The van der Waals surface area contributed by atoms with Crippen LogP contribution in [0.3, 0.4) is 0 Å². The molecule has 0 spiro atoms. The van der Waals surface area contributed by atoms with E-state index < -0.39 is 0 Å². The van der Waals surface area contributed by atoms with Gasteiger partial charge in [0, 0.05) is 22.8 Å². The van der Waals surface area contributed by atoms with Gasteiger partial charge in [-0.05, 0) is 23.8 Å². The summed E-state index contributed by atoms with van der Waals surface area (Å²) in [6, 6.07) is 17.1. The Hall–Kier alpha value is -3.13. The molecule has 0 saturated heterocycles. The molecule has 25 heavy (non-hydrogen) atoms. The lowest BCUT2D eigenvalue weighted by Crippen LogP contribution is -2.15. The molecule has 0 fully saturated rings. The van der Waals surface area contributed by atoms with Crippen molar-refractivity contribution in [2.45, 2.75) is 5.92 Å². The monoisotopic (exact) mass is 320 g/mol. The number of fused-ring (bicyclic) bond motifs is 10. The smallest absolute Gasteiger partial charge is 0.142 e. The van der Waals surface area contributed by atoms with Gasteiger partial charge in [0.25, 0.3) is 0 Å². The number of benzene rings is 2. The fourth-order valence-electron chi connectivity index (χ4n) is 4.42. The third-order valence-corrected chi connectivity index (χ3v) is 5.52. The van der Waals surface area contributed by atoms with Crippen LogP contribution in [0.25, 0.3) is 33.7 Å². The zero-order chi connectivity index (χ0) is 16.4. The number of aromatic nitrogens is 2. The second kappa shape index (κ2) is 4.70. The molecule has 0 N–H and O–H groups in total. The van der Waals surface area contributed by atoms with Crippen LogP contribution >= 0.6 is 0 Å². The summed E-state index contributed by atoms with van der Waals surface area (Å²) in [5.74, 6) is 0.774. The van der Waals surface area contributed by atoms with Crippen LogP contribution in [0.4, 0.5) is 0 Å². The minimum Gasteiger partial charge on any atom is -0.292 e. The van der Waals surface area contributed by atoms with Gasteiger partial charge in [-0.3, -0.25) is 4.40 Å². The summed E-state index contributed by atoms with van der Waals surface area (Å²) in [6.45, 7) is 0. The molecule has 4 aromatic rings. The van der Waals surface area contributed by atoms with E-state index in [0.29, 0.717) is 11.8 Å². The van der Waals surface area contributed by atoms with Gasteiger partial charge >= 0.3 is 0 Å². The van der Waals surface area contributed by atoms with Crippen LogP contribution < -0.4 is 0 Å². The largest absolute Gasteiger partial charge is 0.292 e. The SMILES string of the molecule is C1=CC2C=Cc3c(c4nc5ccccc5n4c4ccccc34)C2C=C1. The summed E-state index contributed by atoms with van der Waals surface area (Å²) in [7, 11) is 0. The third-order valence-electron chi connectivity index (χ3n) is 5.52. The van der Waals surface area contributed by atoms with E-state index in [9.17, 15) is 0 Å². The highest BCUT2D eigenvalue weighted by molar-refractivity contribution is 5.98. The maximum Gasteiger partial charge on any atom is 0.142 e. The van der Waals surface area contributed by atoms with Crippen LogP contribution in [0, 0.1) is 5.92 Å². The van der Waals surface area contributed by atoms with Gasteiger partial charge in [-0.1, -0.05) is 66.8 Å². The van der Waals surface area contributed by atoms with Crippen molar-refractivity contribution in [3.8, 4) is 0 Å². The van der Waals surface area contributed by atoms with Gasteiger partial charge in [0.2, 0.25) is 0 Å². The Morgan fingerprint density at radius 3 is 2.56 bits per heavy atom. The lowest BCUT2D eigenvalue weighted by molar-refractivity contribution is 0.694. The second-order valence-electron chi connectivity index (χ2n) is 6.84. The van der Waals surface area contributed by atoms with Crippen molar-refractivity contribution >= 4 is 33.7 Å². The molecular weight excluding hydrogens is 304 g/mol. The highest BCUT2D eigenvalue weighted by atomic mass is 15.0. The van der Waals surface area contributed by atoms with Crippen LogP contribution in [0.2, 0.25) is 0 Å². The van der Waals surface area contributed by atoms with Gasteiger partial charge in [0.1, 0.15) is 5.65 Å². The predicted molar refractivity (Wildman–Crippen MR) is 104 cm³/mol. The van der Waals surface area contributed by atoms with E-state index in [1.54, 1.807) is 0 Å². The zero-order valence-corrected chi connectivity index (χ0v) is 13.6. The Bertz CT molecular complexity index is 1250. The predicted octanol–water partition coefficient (Wildman–Crippen LogP) is 5.49. The Morgan fingerprint density at radius 2 is 1.60 bits per heavy atom. The van der Waals surface area contributed by atoms with E-state index in [1.165, 1.54) is 27.5 Å². The number of rotatable bonds is 0. The maximum absolute atomic E-state index is 5.04. The molecule has 0 amide bonds. The van der Waals surface area contributed by atoms with Crippen molar-refractivity contribution < 1.29 is 0 Å². The van der Waals surface area contributed by atoms with Crippen molar-refractivity contribution in [2.75, 3.05) is 0 Å². The third kappa shape index (κ3) is 1.66. The van der Waals surface area contributed by atoms with E-state index in [2.05, 4.69) is 89.4 Å². The second-order valence-corrected chi connectivity index (χ2v) is 6.84. The fraction of sp³-hybridized carbons (Fsp3) is 0.0870. The van der Waals surface area contributed by atoms with Crippen molar-refractivity contribution in [2.24, 2.45) is 5.92 Å². The molecule has 2 aromatic carbocycles. The van der Waals surface area contributed by atoms with Crippen molar-refractivity contribution in [1.29, 1.82) is 0 Å². The van der Waals surface area contributed by atoms with Gasteiger partial charge in [-0.25, -0.2) is 4.98 Å². The molecule has 6 rings (SSSR count). The average Bonchev–Trinajstić information content (AvgIpc) is 3.07. The average molecular weight is 320 g/mol. The quantitative estimate of drug-likeness (QED) is 0.418. The molecule has 2 aliphatic rings. The molecule has 2 heteroatoms. The summed E-state index contributed by atoms with van der Waals surface area (Å²) >= 11 is 0. The number of imidazole rings is 1. The molecule has 2 aromatic heterocycles. The Morgan fingerprint density at radius 1 is 0.800 bits per heavy atom. The minimum atomic E-state index is 0.355. The maximum atomic E-state index is 5.04. The molecule has 2 nitrogen and oxygen atoms in total. The number of pyridine rings is 1. The lowest BCUT2D eigenvalue weighted by Gasteiger charge is -2.28. The zero-order valence-electron chi connectivity index (χ0n) is 13.6. The molecule has 0 radical (unpaired) electrons. The van der Waals surface area contributed by atoms with E-state index in [4.69, 9.17) is 4.98 Å². The van der Waals surface area contributed by atoms with Crippen LogP contribution in [0.5, 0.6) is 0 Å². The highest BCUT2D eigenvalue weighted by Crippen LogP contribution is 2.43. The first-order valence-corrected chi connectivity index (χ1v) is 8.77. The lowest BCUT2D eigenvalue weighted by atomic mass is 9.76. The summed E-state index contributed by atoms with van der Waals surface area (Å²) in [4.78, 5) is 5.04. The number of hydrogen-bond acceptors (Lipinski definition) is 1. The van der Waals surface area contributed by atoms with E-state index in [1.807, 2.05) is 0 Å². The highest BCUT2D eigenvalue weighted by Gasteiger charge is 2.29. The molecule has 2 atom stereocenters. The van der Waals surface area contributed by atoms with Gasteiger partial charge in [-0.2, -0.15) is 0 Å². The summed E-state index contributed by atoms with van der Waals surface area (Å²) in [5.41, 5.74) is 7.22. The van der Waals surface area contributed by atoms with E-state index in [0.717, 1.165) is 11.2 Å². The molecule has 0 aliphatic heterocycles. The fourth-order valence-corrected chi connectivity index (χ4v) is 4.42. The first-order chi connectivity index (χ1) is 12.4. The Labute approximate surface area is 145 Å². The van der Waals surface area contributed by atoms with E-state index >= 15 is 0 Å². The van der Waals surface area contributed by atoms with Crippen molar-refractivity contribution in [1.82, 2.24) is 9.38 Å². The molecule has 2 unspecified atom stereocenters. The van der Waals surface area contributed by atoms with Crippen LogP contribution in [0.15, 0.2) is 78.9 Å². The van der Waals surface area contributed by atoms with Gasteiger partial charge in [0.05, 0.1) is 16.6 Å². The molecule has 2 heterocycles. The molecule has 0 saturated carbocycles. The summed E-state index contributed by atoms with van der Waals surface area (Å²) < 4.78 is 2.34. The number of para-hydroxylation sites is 3. The van der Waals surface area contributed by atoms with Gasteiger partial charge in [0.15, 0.2) is 0 Å². The summed E-state index contributed by atoms with van der Waals surface area (Å²) in [6.07, 6.45) is 13.6. The first kappa shape index (κ1) is 13.2. The normalized spacial score (nSPS) is 21.1. The topological polar surface area (TPSA) is 17.3 Å². The van der Waals surface area contributed by atoms with Gasteiger partial charge < -0.3 is 0 Å². The molecule has 0 bridgehead atoms. The van der Waals surface area contributed by atoms with Crippen molar-refractivity contribution in [3.63, 3.8) is 0 Å². The molecular formula is C23H16N2. The Kier molecular flexibility index (Phi) is 2.48. The van der Waals surface area contributed by atoms with Crippen LogP contribution in [-0.4, -0.2) is 9.38 Å². The van der Waals surface area contributed by atoms with Crippen LogP contribution in [0.1, 0.15) is 17.0 Å². The molecule has 118 valence electrons. The first-order valence-electron chi connectivity index (χ1n) is 8.77. The summed E-state index contributed by atoms with van der Waals surface area (Å²) in [5, 5.41) is 1.30. The molecule has 2 aliphatic carbocycles. The number of hydrogen-bond donors (Lipinski definition) is 0. The number of nitrogens with zero attached hydrogens (tertiary/aromatic N) is 2. The standard InChI is InChI=1S/C23H16N2/c1-2-8-16-15(7-1)13-14-18-17-9-3-5-11-20(17)25-21-12-6-4-10-19(21)24-23(25)22(16)18/h1-16H. The Balaban J connectivity index is 1.89. The van der Waals surface area contributed by atoms with E-state index in [-0.39, 0.29) is 0 Å². The van der Waals surface area contributed by atoms with Gasteiger partial charge in [-0.15, -0.1) is 0 Å². The number of allylic oxidation sites excluding steroid dienone is 5.